The number of hydrogen-bond donors (Lipinski definition) is 0. The van der Waals surface area contributed by atoms with Crippen LogP contribution in [0.5, 0.6) is 0 Å². The number of hydrogen-bond acceptors (Lipinski definition) is 9. The smallest absolute Gasteiger partial charge is 0.416 e. The van der Waals surface area contributed by atoms with E-state index in [0.717, 1.165) is 0 Å². The second kappa shape index (κ2) is 11.3. The van der Waals surface area contributed by atoms with E-state index in [1.54, 1.807) is 71.4 Å². The molecular weight excluding hydrogens is 502 g/mol. The second-order valence-corrected chi connectivity index (χ2v) is 8.68. The van der Waals surface area contributed by atoms with Gasteiger partial charge in [-0.2, -0.15) is 5.10 Å². The van der Waals surface area contributed by atoms with Crippen molar-refractivity contribution in [1.29, 1.82) is 0 Å². The first kappa shape index (κ1) is 25.8. The Morgan fingerprint density at radius 2 is 1.31 bits per heavy atom. The molecular formula is C29H25N3O7. The van der Waals surface area contributed by atoms with Crippen LogP contribution in [0.25, 0.3) is 0 Å². The van der Waals surface area contributed by atoms with E-state index in [1.165, 1.54) is 30.6 Å². The maximum absolute atomic E-state index is 13.2. The molecule has 0 N–H and O–H groups in total. The maximum Gasteiger partial charge on any atom is 0.416 e. The molecule has 2 atom stereocenters. The van der Waals surface area contributed by atoms with Crippen LogP contribution in [0.4, 0.5) is 0 Å². The molecule has 2 heterocycles. The summed E-state index contributed by atoms with van der Waals surface area (Å²) in [6.07, 6.45) is -0.783. The second-order valence-electron chi connectivity index (χ2n) is 8.68. The Hall–Kier alpha value is -4.83. The van der Waals surface area contributed by atoms with Crippen LogP contribution in [0.15, 0.2) is 97.3 Å². The molecule has 0 spiro atoms. The van der Waals surface area contributed by atoms with Crippen LogP contribution in [0, 0.1) is 0 Å². The van der Waals surface area contributed by atoms with Gasteiger partial charge in [-0.1, -0.05) is 54.6 Å². The van der Waals surface area contributed by atoms with Crippen molar-refractivity contribution >= 4 is 17.9 Å². The first-order valence-corrected chi connectivity index (χ1v) is 12.4. The van der Waals surface area contributed by atoms with Crippen LogP contribution in [0.3, 0.4) is 0 Å². The fraction of sp³-hybridized carbons (Fsp3) is 0.207. The fourth-order valence-electron chi connectivity index (χ4n) is 4.04. The molecule has 3 aromatic carbocycles. The van der Waals surface area contributed by atoms with E-state index in [9.17, 15) is 14.4 Å². The van der Waals surface area contributed by atoms with Crippen molar-refractivity contribution in [2.45, 2.75) is 38.1 Å². The lowest BCUT2D eigenvalue weighted by atomic mass is 10.1. The zero-order valence-electron chi connectivity index (χ0n) is 21.0. The van der Waals surface area contributed by atoms with E-state index in [4.69, 9.17) is 18.9 Å². The van der Waals surface area contributed by atoms with Crippen molar-refractivity contribution in [2.75, 3.05) is 0 Å². The predicted molar refractivity (Wildman–Crippen MR) is 136 cm³/mol. The van der Waals surface area contributed by atoms with E-state index in [-0.39, 0.29) is 28.9 Å². The summed E-state index contributed by atoms with van der Waals surface area (Å²) in [5.74, 6) is -4.57. The van der Waals surface area contributed by atoms with Crippen LogP contribution >= 0.6 is 0 Å². The number of rotatable bonds is 8. The number of aryl methyl sites for hydroxylation is 1. The summed E-state index contributed by atoms with van der Waals surface area (Å²) in [5.41, 5.74) is 0.620. The van der Waals surface area contributed by atoms with Gasteiger partial charge >= 0.3 is 23.9 Å². The number of aromatic nitrogens is 3. The number of carbonyl (C=O) groups excluding carboxylic acids is 3. The van der Waals surface area contributed by atoms with Crippen molar-refractivity contribution in [1.82, 2.24) is 14.8 Å². The Labute approximate surface area is 224 Å². The highest BCUT2D eigenvalue weighted by molar-refractivity contribution is 5.92. The monoisotopic (exact) mass is 527 g/mol. The molecule has 1 fully saturated rings. The molecule has 4 aromatic rings. The molecule has 1 saturated heterocycles. The van der Waals surface area contributed by atoms with Crippen LogP contribution < -0.4 is 0 Å². The van der Waals surface area contributed by atoms with Crippen molar-refractivity contribution in [3.63, 3.8) is 0 Å². The summed E-state index contributed by atoms with van der Waals surface area (Å²) in [4.78, 5) is 43.9. The van der Waals surface area contributed by atoms with Gasteiger partial charge in [0.1, 0.15) is 12.4 Å². The lowest BCUT2D eigenvalue weighted by molar-refractivity contribution is -0.345. The predicted octanol–water partition coefficient (Wildman–Crippen LogP) is 4.35. The summed E-state index contributed by atoms with van der Waals surface area (Å²) in [6, 6.07) is 24.6. The number of carbonyl (C=O) groups is 3. The van der Waals surface area contributed by atoms with Crippen LogP contribution in [0.2, 0.25) is 0 Å². The molecule has 39 heavy (non-hydrogen) atoms. The molecule has 1 aliphatic heterocycles. The van der Waals surface area contributed by atoms with Gasteiger partial charge < -0.3 is 14.2 Å². The van der Waals surface area contributed by atoms with Gasteiger partial charge in [0.15, 0.2) is 5.82 Å². The quantitative estimate of drug-likeness (QED) is 0.243. The average Bonchev–Trinajstić information content (AvgIpc) is 3.59. The van der Waals surface area contributed by atoms with E-state index < -0.39 is 36.1 Å². The lowest BCUT2D eigenvalue weighted by Gasteiger charge is -2.31. The Balaban J connectivity index is 1.54. The normalized spacial score (nSPS) is 17.8. The van der Waals surface area contributed by atoms with Crippen molar-refractivity contribution in [2.24, 2.45) is 0 Å². The van der Waals surface area contributed by atoms with Crippen LogP contribution in [0.1, 0.15) is 56.3 Å². The SMILES string of the molecule is CCn1cnc(C2CC(OC(=O)c3ccccc3)C(OC(=O)c3ccccc3)(OC(=O)c3ccccc3)O2)n1. The van der Waals surface area contributed by atoms with Crippen LogP contribution in [-0.2, 0) is 25.5 Å². The van der Waals surface area contributed by atoms with E-state index in [1.807, 2.05) is 6.92 Å². The Morgan fingerprint density at radius 1 is 0.821 bits per heavy atom. The Kier molecular flexibility index (Phi) is 7.46. The Bertz CT molecular complexity index is 1390. The third-order valence-corrected chi connectivity index (χ3v) is 6.04. The highest BCUT2D eigenvalue weighted by Crippen LogP contribution is 2.43. The van der Waals surface area contributed by atoms with Gasteiger partial charge in [-0.25, -0.2) is 19.4 Å². The maximum atomic E-state index is 13.2. The standard InChI is InChI=1S/C29H25N3O7/c1-2-32-19-30-25(31-32)23-18-24(36-26(33)20-12-6-3-7-13-20)29(37-23,38-27(34)21-14-8-4-9-15-21)39-28(35)22-16-10-5-11-17-22/h3-17,19,23-24H,2,18H2,1H3. The third kappa shape index (κ3) is 5.70. The summed E-state index contributed by atoms with van der Waals surface area (Å²) in [5, 5.41) is 4.38. The van der Waals surface area contributed by atoms with Gasteiger partial charge in [-0.3, -0.25) is 9.42 Å². The summed E-state index contributed by atoms with van der Waals surface area (Å²) in [6.45, 7) is 2.45. The number of nitrogens with zero attached hydrogens (tertiary/aromatic N) is 3. The molecule has 0 amide bonds. The molecule has 0 radical (unpaired) electrons. The largest absolute Gasteiger partial charge is 0.447 e. The average molecular weight is 528 g/mol. The highest BCUT2D eigenvalue weighted by Gasteiger charge is 2.60. The molecule has 1 aromatic heterocycles. The first-order chi connectivity index (χ1) is 19.0. The van der Waals surface area contributed by atoms with Gasteiger partial charge in [-0.05, 0) is 43.3 Å². The lowest BCUT2D eigenvalue weighted by Crippen LogP contribution is -2.49. The van der Waals surface area contributed by atoms with Crippen molar-refractivity contribution in [3.05, 3.63) is 120 Å². The highest BCUT2D eigenvalue weighted by atomic mass is 16.9. The molecule has 2 unspecified atom stereocenters. The van der Waals surface area contributed by atoms with Gasteiger partial charge in [0.25, 0.3) is 0 Å². The molecule has 1 aliphatic rings. The van der Waals surface area contributed by atoms with E-state index in [0.29, 0.717) is 6.54 Å². The number of esters is 3. The molecule has 0 saturated carbocycles. The summed E-state index contributed by atoms with van der Waals surface area (Å²) >= 11 is 0. The molecule has 0 aliphatic carbocycles. The topological polar surface area (TPSA) is 119 Å². The minimum atomic E-state index is -2.42. The van der Waals surface area contributed by atoms with Gasteiger partial charge in [0, 0.05) is 13.0 Å². The summed E-state index contributed by atoms with van der Waals surface area (Å²) in [7, 11) is 0. The third-order valence-electron chi connectivity index (χ3n) is 6.04. The molecule has 10 nitrogen and oxygen atoms in total. The van der Waals surface area contributed by atoms with Gasteiger partial charge in [-0.15, -0.1) is 0 Å². The number of benzene rings is 3. The first-order valence-electron chi connectivity index (χ1n) is 12.4. The minimum absolute atomic E-state index is 0.0452. The molecule has 0 bridgehead atoms. The molecule has 10 heteroatoms. The minimum Gasteiger partial charge on any atom is -0.447 e. The van der Waals surface area contributed by atoms with Gasteiger partial charge in [0.2, 0.25) is 6.10 Å². The zero-order valence-corrected chi connectivity index (χ0v) is 21.0. The van der Waals surface area contributed by atoms with E-state index in [2.05, 4.69) is 10.1 Å². The van der Waals surface area contributed by atoms with Gasteiger partial charge in [0.05, 0.1) is 16.7 Å². The van der Waals surface area contributed by atoms with Crippen molar-refractivity contribution in [3.8, 4) is 0 Å². The number of ether oxygens (including phenoxy) is 4. The summed E-state index contributed by atoms with van der Waals surface area (Å²) < 4.78 is 25.0. The van der Waals surface area contributed by atoms with Crippen molar-refractivity contribution < 1.29 is 33.3 Å². The zero-order chi connectivity index (χ0) is 27.2. The fourth-order valence-corrected chi connectivity index (χ4v) is 4.04. The Morgan fingerprint density at radius 3 is 1.77 bits per heavy atom. The molecule has 198 valence electrons. The molecule has 5 rings (SSSR count). The van der Waals surface area contributed by atoms with E-state index >= 15 is 0 Å². The van der Waals surface area contributed by atoms with Crippen LogP contribution in [-0.4, -0.2) is 44.7 Å².